The molecule has 1 N–H and O–H groups in total. The van der Waals surface area contributed by atoms with Crippen LogP contribution in [0.5, 0.6) is 0 Å². The molecule has 0 radical (unpaired) electrons. The fraction of sp³-hybridized carbons (Fsp3) is 1.00. The van der Waals surface area contributed by atoms with E-state index in [9.17, 15) is 13.3 Å². The molecule has 0 aliphatic carbocycles. The van der Waals surface area contributed by atoms with Gasteiger partial charge in [0, 0.05) is 17.5 Å². The average Bonchev–Trinajstić information content (AvgIpc) is 2.11. The molecule has 0 aliphatic rings. The minimum absolute atomic E-state index is 0.0214. The second-order valence-corrected chi connectivity index (χ2v) is 12.7. The Labute approximate surface area is 119 Å². The van der Waals surface area contributed by atoms with Crippen molar-refractivity contribution in [2.75, 3.05) is 0 Å². The second-order valence-electron chi connectivity index (χ2n) is 6.57. The maximum atomic E-state index is 13.1. The van der Waals surface area contributed by atoms with E-state index in [4.69, 9.17) is 4.43 Å². The van der Waals surface area contributed by atoms with E-state index in [0.29, 0.717) is 0 Å². The van der Waals surface area contributed by atoms with Crippen LogP contribution in [0.15, 0.2) is 0 Å². The number of hydrogen-bond donors (Lipinski definition) is 1. The normalized spacial score (nSPS) is 17.1. The minimum atomic E-state index is -2.55. The predicted molar refractivity (Wildman–Crippen MR) is 79.3 cm³/mol. The molecule has 0 amide bonds. The van der Waals surface area contributed by atoms with E-state index >= 15 is 0 Å². The Hall–Kier alpha value is 0.307. The quantitative estimate of drug-likeness (QED) is 0.579. The van der Waals surface area contributed by atoms with Gasteiger partial charge in [-0.3, -0.25) is 0 Å². The van der Waals surface area contributed by atoms with Crippen molar-refractivity contribution in [3.8, 4) is 0 Å². The van der Waals surface area contributed by atoms with Crippen LogP contribution in [0.4, 0.5) is 8.78 Å². The van der Waals surface area contributed by atoms with Gasteiger partial charge in [-0.1, -0.05) is 0 Å². The van der Waals surface area contributed by atoms with Crippen molar-refractivity contribution in [2.24, 2.45) is 0 Å². The Morgan fingerprint density at radius 1 is 1.26 bits per heavy atom. The molecule has 0 fully saturated rings. The molecule has 19 heavy (non-hydrogen) atoms. The van der Waals surface area contributed by atoms with Gasteiger partial charge in [0.15, 0.2) is 8.32 Å². The lowest BCUT2D eigenvalue weighted by atomic mass is 10.3. The molecule has 0 bridgehead atoms. The summed E-state index contributed by atoms with van der Waals surface area (Å²) in [5.74, 6) is 0. The maximum Gasteiger partial charge on any atom is 0.257 e. The predicted octanol–water partition coefficient (Wildman–Crippen LogP) is 3.30. The Morgan fingerprint density at radius 3 is 2.05 bits per heavy atom. The van der Waals surface area contributed by atoms with Crippen molar-refractivity contribution in [3.63, 3.8) is 0 Å². The zero-order valence-corrected chi connectivity index (χ0v) is 14.7. The summed E-state index contributed by atoms with van der Waals surface area (Å²) >= 11 is -1.50. The van der Waals surface area contributed by atoms with Crippen molar-refractivity contribution in [1.29, 1.82) is 0 Å². The highest BCUT2D eigenvalue weighted by molar-refractivity contribution is 7.90. The molecule has 3 nitrogen and oxygen atoms in total. The molecular formula is C12H27F2NO2SSi. The second kappa shape index (κ2) is 7.35. The summed E-state index contributed by atoms with van der Waals surface area (Å²) in [6.45, 7) is 12.9. The Kier molecular flexibility index (Phi) is 7.47. The van der Waals surface area contributed by atoms with E-state index in [1.165, 1.54) is 0 Å². The number of rotatable bonds is 7. The van der Waals surface area contributed by atoms with Gasteiger partial charge in [-0.15, -0.1) is 4.72 Å². The lowest BCUT2D eigenvalue weighted by Gasteiger charge is -2.32. The third kappa shape index (κ3) is 8.24. The summed E-state index contributed by atoms with van der Waals surface area (Å²) in [5, 5.41) is 0. The summed E-state index contributed by atoms with van der Waals surface area (Å²) in [5.41, 5.74) is 0. The van der Waals surface area contributed by atoms with Crippen LogP contribution in [0.3, 0.4) is 0 Å². The molecular weight excluding hydrogens is 288 g/mol. The first kappa shape index (κ1) is 19.3. The first-order valence-electron chi connectivity index (χ1n) is 6.49. The van der Waals surface area contributed by atoms with Gasteiger partial charge < -0.3 is 8.98 Å². The standard InChI is InChI=1S/C12H27F2NO2SSi/c1-9(2)17-19(6,7)8-10(11(13)14)15-18(16)12(3,4)5/h9-11,15H,8H2,1-7H3. The molecule has 0 rings (SSSR count). The molecule has 2 atom stereocenters. The lowest BCUT2D eigenvalue weighted by Crippen LogP contribution is -2.51. The van der Waals surface area contributed by atoms with Gasteiger partial charge in [-0.05, 0) is 53.8 Å². The van der Waals surface area contributed by atoms with Crippen LogP contribution in [-0.2, 0) is 15.8 Å². The van der Waals surface area contributed by atoms with E-state index in [2.05, 4.69) is 4.72 Å². The smallest absolute Gasteiger partial charge is 0.257 e. The van der Waals surface area contributed by atoms with Crippen molar-refractivity contribution in [3.05, 3.63) is 0 Å². The topological polar surface area (TPSA) is 44.3 Å². The molecule has 0 saturated carbocycles. The van der Waals surface area contributed by atoms with Gasteiger partial charge in [0.2, 0.25) is 0 Å². The Morgan fingerprint density at radius 2 is 1.74 bits per heavy atom. The first-order valence-corrected chi connectivity index (χ1v) is 10.8. The third-order valence-corrected chi connectivity index (χ3v) is 6.55. The van der Waals surface area contributed by atoms with Gasteiger partial charge in [-0.2, -0.15) is 0 Å². The highest BCUT2D eigenvalue weighted by atomic mass is 32.2. The first-order chi connectivity index (χ1) is 8.35. The van der Waals surface area contributed by atoms with Crippen LogP contribution in [0.1, 0.15) is 34.6 Å². The zero-order valence-electron chi connectivity index (χ0n) is 12.9. The lowest BCUT2D eigenvalue weighted by molar-refractivity contribution is 0.111. The van der Waals surface area contributed by atoms with Crippen LogP contribution in [0, 0.1) is 0 Å². The summed E-state index contributed by atoms with van der Waals surface area (Å²) in [4.78, 5) is 0. The van der Waals surface area contributed by atoms with E-state index in [0.717, 1.165) is 0 Å². The molecule has 0 aromatic rings. The molecule has 116 valence electrons. The van der Waals surface area contributed by atoms with Gasteiger partial charge >= 0.3 is 0 Å². The van der Waals surface area contributed by atoms with Gasteiger partial charge in [0.25, 0.3) is 6.43 Å². The van der Waals surface area contributed by atoms with Gasteiger partial charge in [0.1, 0.15) is 10.8 Å². The summed E-state index contributed by atoms with van der Waals surface area (Å²) in [6, 6.07) is -0.842. The van der Waals surface area contributed by atoms with Gasteiger partial charge in [-0.25, -0.2) is 8.78 Å². The molecule has 0 saturated heterocycles. The van der Waals surface area contributed by atoms with E-state index < -0.39 is 36.9 Å². The summed E-state index contributed by atoms with van der Waals surface area (Å²) in [7, 11) is -2.20. The monoisotopic (exact) mass is 315 g/mol. The number of nitrogens with one attached hydrogen (secondary N) is 1. The Bertz CT molecular complexity index is 273. The van der Waals surface area contributed by atoms with Gasteiger partial charge in [0.05, 0.1) is 0 Å². The van der Waals surface area contributed by atoms with Crippen molar-refractivity contribution in [1.82, 2.24) is 4.72 Å². The number of hydrogen-bond acceptors (Lipinski definition) is 3. The highest BCUT2D eigenvalue weighted by Crippen LogP contribution is 2.22. The summed E-state index contributed by atoms with van der Waals surface area (Å²) < 4.78 is 45.9. The highest BCUT2D eigenvalue weighted by Gasteiger charge is 2.38. The summed E-state index contributed by atoms with van der Waals surface area (Å²) in [6.07, 6.45) is -2.53. The number of halogens is 2. The Balaban J connectivity index is 4.67. The molecule has 0 aromatic heterocycles. The molecule has 0 heterocycles. The van der Waals surface area contributed by atoms with E-state index in [1.807, 2.05) is 26.9 Å². The maximum absolute atomic E-state index is 13.1. The fourth-order valence-electron chi connectivity index (χ4n) is 1.71. The molecule has 0 aliphatic heterocycles. The third-order valence-electron chi connectivity index (χ3n) is 2.38. The van der Waals surface area contributed by atoms with Crippen molar-refractivity contribution in [2.45, 2.75) is 77.1 Å². The van der Waals surface area contributed by atoms with E-state index in [1.54, 1.807) is 20.8 Å². The molecule has 7 heteroatoms. The minimum Gasteiger partial charge on any atom is -0.598 e. The molecule has 2 unspecified atom stereocenters. The van der Waals surface area contributed by atoms with Crippen LogP contribution in [-0.4, -0.2) is 36.2 Å². The van der Waals surface area contributed by atoms with E-state index in [-0.39, 0.29) is 12.1 Å². The van der Waals surface area contributed by atoms with Crippen LogP contribution >= 0.6 is 0 Å². The largest absolute Gasteiger partial charge is 0.598 e. The van der Waals surface area contributed by atoms with Crippen molar-refractivity contribution < 1.29 is 17.8 Å². The number of alkyl halides is 2. The zero-order chi connectivity index (χ0) is 15.4. The SMILES string of the molecule is CC(C)O[Si](C)(C)CC(N[S+]([O-])C(C)(C)C)C(F)F. The van der Waals surface area contributed by atoms with Crippen LogP contribution < -0.4 is 4.72 Å². The van der Waals surface area contributed by atoms with Crippen LogP contribution in [0.25, 0.3) is 0 Å². The fourth-order valence-corrected chi connectivity index (χ4v) is 5.39. The molecule has 0 spiro atoms. The molecule has 0 aromatic carbocycles. The average molecular weight is 316 g/mol. The van der Waals surface area contributed by atoms with Crippen LogP contribution in [0.2, 0.25) is 19.1 Å². The van der Waals surface area contributed by atoms with Crippen molar-refractivity contribution >= 4 is 19.7 Å².